The van der Waals surface area contributed by atoms with E-state index in [-0.39, 0.29) is 18.6 Å². The Kier molecular flexibility index (Phi) is 5.24. The average molecular weight is 462 g/mol. The molecule has 3 aromatic rings. The number of nitrogens with zero attached hydrogens (tertiary/aromatic N) is 2. The Morgan fingerprint density at radius 1 is 1.24 bits per heavy atom. The van der Waals surface area contributed by atoms with E-state index < -0.39 is 23.7 Å². The molecule has 11 heteroatoms. The number of benzene rings is 1. The molecule has 2 aliphatic heterocycles. The molecule has 0 unspecified atom stereocenters. The van der Waals surface area contributed by atoms with Crippen molar-refractivity contribution < 1.29 is 37.7 Å². The van der Waals surface area contributed by atoms with Gasteiger partial charge in [0.2, 0.25) is 0 Å². The van der Waals surface area contributed by atoms with E-state index in [2.05, 4.69) is 0 Å². The first kappa shape index (κ1) is 22.5. The fourth-order valence-electron chi connectivity index (χ4n) is 3.93. The van der Waals surface area contributed by atoms with Crippen molar-refractivity contribution in [3.63, 3.8) is 0 Å². The zero-order valence-electron chi connectivity index (χ0n) is 17.1. The van der Waals surface area contributed by atoms with Crippen molar-refractivity contribution in [2.45, 2.75) is 38.3 Å². The summed E-state index contributed by atoms with van der Waals surface area (Å²) in [6.07, 6.45) is -4.94. The first-order valence-electron chi connectivity index (χ1n) is 9.83. The zero-order valence-corrected chi connectivity index (χ0v) is 17.1. The number of aliphatic carboxylic acids is 1. The maximum atomic E-state index is 13.0. The van der Waals surface area contributed by atoms with Crippen LogP contribution in [0.3, 0.4) is 0 Å². The molecule has 0 bridgehead atoms. The van der Waals surface area contributed by atoms with Gasteiger partial charge in [0, 0.05) is 16.5 Å². The molecule has 172 valence electrons. The fraction of sp³-hybridized carbons (Fsp3) is 0.273. The third-order valence-electron chi connectivity index (χ3n) is 5.66. The van der Waals surface area contributed by atoms with Crippen LogP contribution in [0.1, 0.15) is 30.0 Å². The normalized spacial score (nSPS) is 18.5. The fourth-order valence-corrected chi connectivity index (χ4v) is 3.93. The maximum absolute atomic E-state index is 13.0. The second-order valence-corrected chi connectivity index (χ2v) is 7.59. The number of pyridine rings is 2. The Labute approximate surface area is 183 Å². The van der Waals surface area contributed by atoms with Crippen LogP contribution in [0.15, 0.2) is 41.2 Å². The largest absolute Gasteiger partial charge is 0.490 e. The van der Waals surface area contributed by atoms with Gasteiger partial charge in [0.05, 0.1) is 29.0 Å². The van der Waals surface area contributed by atoms with Crippen molar-refractivity contribution in [1.82, 2.24) is 9.55 Å². The predicted octanol–water partition coefficient (Wildman–Crippen LogP) is 2.71. The van der Waals surface area contributed by atoms with Crippen molar-refractivity contribution >= 4 is 22.8 Å². The third-order valence-corrected chi connectivity index (χ3v) is 5.66. The third kappa shape index (κ3) is 3.63. The summed E-state index contributed by atoms with van der Waals surface area (Å²) in [5.74, 6) is -3.46. The van der Waals surface area contributed by atoms with E-state index in [1.807, 2.05) is 30.3 Å². The highest BCUT2D eigenvalue weighted by Gasteiger charge is 2.45. The molecular formula is C22H17F3N2O6. The number of carbonyl (C=O) groups excluding carboxylic acids is 1. The zero-order chi connectivity index (χ0) is 24.1. The van der Waals surface area contributed by atoms with Gasteiger partial charge in [-0.25, -0.2) is 14.6 Å². The van der Waals surface area contributed by atoms with E-state index in [9.17, 15) is 27.9 Å². The lowest BCUT2D eigenvalue weighted by atomic mass is 9.86. The van der Waals surface area contributed by atoms with Crippen LogP contribution in [0.2, 0.25) is 0 Å². The highest BCUT2D eigenvalue weighted by molar-refractivity contribution is 5.86. The number of aromatic nitrogens is 2. The summed E-state index contributed by atoms with van der Waals surface area (Å²) in [6, 6.07) is 11.6. The number of alkyl halides is 3. The van der Waals surface area contributed by atoms with Crippen LogP contribution < -0.4 is 5.56 Å². The number of esters is 1. The number of ether oxygens (including phenoxy) is 1. The molecule has 0 saturated carbocycles. The summed E-state index contributed by atoms with van der Waals surface area (Å²) in [5.41, 5.74) is 1.81. The standard InChI is InChI=1S/C20H16N2O4.C2HF3O2/c1-2-20(25)14-8-16-17-12(7-11-5-3-4-6-15(11)21-17)9-22(16)18(23)13(14)10-26-19(20)24;3-2(4,5)1(6)7/h3-8,25H,2,9-10H2,1H3;(H,6,7)/t20-;/m0./s1. The number of carbonyl (C=O) groups is 2. The quantitative estimate of drug-likeness (QED) is 0.418. The van der Waals surface area contributed by atoms with Crippen molar-refractivity contribution in [1.29, 1.82) is 0 Å². The molecule has 0 aliphatic carbocycles. The number of carboxylic acids is 1. The van der Waals surface area contributed by atoms with Gasteiger partial charge in [0.25, 0.3) is 5.56 Å². The summed E-state index contributed by atoms with van der Waals surface area (Å²) < 4.78 is 38.5. The summed E-state index contributed by atoms with van der Waals surface area (Å²) in [5, 5.41) is 19.0. The van der Waals surface area contributed by atoms with Gasteiger partial charge in [0.15, 0.2) is 5.60 Å². The molecule has 1 atom stereocenters. The molecular weight excluding hydrogens is 445 g/mol. The van der Waals surface area contributed by atoms with Crippen molar-refractivity contribution in [3.05, 3.63) is 63.4 Å². The van der Waals surface area contributed by atoms with Crippen LogP contribution in [0, 0.1) is 0 Å². The predicted molar refractivity (Wildman–Crippen MR) is 108 cm³/mol. The minimum atomic E-state index is -5.08. The number of carboxylic acid groups (broad SMARTS) is 1. The molecule has 8 nitrogen and oxygen atoms in total. The smallest absolute Gasteiger partial charge is 0.475 e. The lowest BCUT2D eigenvalue weighted by Crippen LogP contribution is -2.44. The molecule has 2 aliphatic rings. The molecule has 2 aromatic heterocycles. The Balaban J connectivity index is 0.000000325. The van der Waals surface area contributed by atoms with Gasteiger partial charge < -0.3 is 19.5 Å². The van der Waals surface area contributed by atoms with Crippen molar-refractivity contribution in [3.8, 4) is 11.4 Å². The second kappa shape index (κ2) is 7.69. The molecule has 2 N–H and O–H groups in total. The molecule has 1 aromatic carbocycles. The van der Waals surface area contributed by atoms with Crippen LogP contribution in [-0.4, -0.2) is 37.9 Å². The number of halogens is 3. The summed E-state index contributed by atoms with van der Waals surface area (Å²) >= 11 is 0. The monoisotopic (exact) mass is 462 g/mol. The summed E-state index contributed by atoms with van der Waals surface area (Å²) in [7, 11) is 0. The van der Waals surface area contributed by atoms with Crippen LogP contribution in [0.25, 0.3) is 22.3 Å². The number of aliphatic hydroxyl groups is 1. The lowest BCUT2D eigenvalue weighted by molar-refractivity contribution is -0.192. The van der Waals surface area contributed by atoms with Gasteiger partial charge in [0.1, 0.15) is 6.61 Å². The second-order valence-electron chi connectivity index (χ2n) is 7.59. The highest BCUT2D eigenvalue weighted by atomic mass is 19.4. The number of hydrogen-bond acceptors (Lipinski definition) is 6. The molecule has 0 spiro atoms. The van der Waals surface area contributed by atoms with E-state index in [0.29, 0.717) is 23.4 Å². The van der Waals surface area contributed by atoms with E-state index in [1.54, 1.807) is 17.6 Å². The first-order chi connectivity index (χ1) is 15.5. The molecule has 0 radical (unpaired) electrons. The molecule has 4 heterocycles. The molecule has 0 saturated heterocycles. The first-order valence-corrected chi connectivity index (χ1v) is 9.83. The minimum Gasteiger partial charge on any atom is -0.475 e. The van der Waals surface area contributed by atoms with Crippen LogP contribution in [0.4, 0.5) is 13.2 Å². The summed E-state index contributed by atoms with van der Waals surface area (Å²) in [6.45, 7) is 2.01. The average Bonchev–Trinajstić information content (AvgIpc) is 3.13. The Hall–Kier alpha value is -3.73. The van der Waals surface area contributed by atoms with Gasteiger partial charge in [-0.05, 0) is 24.6 Å². The number of rotatable bonds is 1. The van der Waals surface area contributed by atoms with Gasteiger partial charge >= 0.3 is 18.1 Å². The SMILES string of the molecule is CC[C@@]1(O)C(=O)OCc2c1cc1n(c2=O)Cc2cc3ccccc3nc2-1.O=C(O)C(F)(F)F. The van der Waals surface area contributed by atoms with Crippen molar-refractivity contribution in [2.75, 3.05) is 0 Å². The number of cyclic esters (lactones) is 1. The van der Waals surface area contributed by atoms with Crippen LogP contribution in [-0.2, 0) is 33.1 Å². The Morgan fingerprint density at radius 3 is 2.55 bits per heavy atom. The number of para-hydroxylation sites is 1. The lowest BCUT2D eigenvalue weighted by Gasteiger charge is -2.31. The van der Waals surface area contributed by atoms with Crippen molar-refractivity contribution in [2.24, 2.45) is 0 Å². The van der Waals surface area contributed by atoms with Gasteiger partial charge in [-0.2, -0.15) is 13.2 Å². The van der Waals surface area contributed by atoms with E-state index in [1.165, 1.54) is 0 Å². The minimum absolute atomic E-state index is 0.110. The maximum Gasteiger partial charge on any atom is 0.490 e. The Bertz CT molecular complexity index is 1360. The van der Waals surface area contributed by atoms with E-state index in [4.69, 9.17) is 19.6 Å². The topological polar surface area (TPSA) is 119 Å². The highest BCUT2D eigenvalue weighted by Crippen LogP contribution is 2.38. The Morgan fingerprint density at radius 2 is 1.91 bits per heavy atom. The van der Waals surface area contributed by atoms with Gasteiger partial charge in [-0.1, -0.05) is 25.1 Å². The van der Waals surface area contributed by atoms with Gasteiger partial charge in [-0.3, -0.25) is 4.79 Å². The van der Waals surface area contributed by atoms with E-state index in [0.717, 1.165) is 22.2 Å². The summed E-state index contributed by atoms with van der Waals surface area (Å²) in [4.78, 5) is 38.8. The molecule has 0 amide bonds. The van der Waals surface area contributed by atoms with Crippen LogP contribution >= 0.6 is 0 Å². The molecule has 33 heavy (non-hydrogen) atoms. The molecule has 5 rings (SSSR count). The number of fused-ring (bicyclic) bond motifs is 5. The van der Waals surface area contributed by atoms with E-state index >= 15 is 0 Å². The van der Waals surface area contributed by atoms with Crippen LogP contribution in [0.5, 0.6) is 0 Å². The molecule has 0 fully saturated rings. The van der Waals surface area contributed by atoms with Gasteiger partial charge in [-0.15, -0.1) is 0 Å². The number of hydrogen-bond donors (Lipinski definition) is 2.